The van der Waals surface area contributed by atoms with Gasteiger partial charge in [0.15, 0.2) is 0 Å². The predicted octanol–water partition coefficient (Wildman–Crippen LogP) is 2.29. The standard InChI is InChI=1S/C22H23N3O4S/c1-15-7-8-20(16(2)13-15)30(28,29)25-11-9-24(10-12-25)22(27)18-14-21(26)23-19-6-4-3-5-17(18)19/h3-8,13-14H,9-12H2,1-2H3,(H,23,26). The number of carbonyl (C=O) groups is 1. The molecule has 0 aliphatic carbocycles. The van der Waals surface area contributed by atoms with E-state index >= 15 is 0 Å². The first-order valence-electron chi connectivity index (χ1n) is 9.76. The van der Waals surface area contributed by atoms with Gasteiger partial charge in [0.1, 0.15) is 0 Å². The average Bonchev–Trinajstić information content (AvgIpc) is 2.72. The number of pyridine rings is 1. The zero-order chi connectivity index (χ0) is 21.5. The van der Waals surface area contributed by atoms with Gasteiger partial charge in [-0.3, -0.25) is 9.59 Å². The van der Waals surface area contributed by atoms with Crippen molar-refractivity contribution in [3.63, 3.8) is 0 Å². The van der Waals surface area contributed by atoms with Crippen molar-refractivity contribution in [1.82, 2.24) is 14.2 Å². The molecule has 2 heterocycles. The van der Waals surface area contributed by atoms with Gasteiger partial charge in [-0.05, 0) is 31.5 Å². The van der Waals surface area contributed by atoms with Crippen LogP contribution in [0.1, 0.15) is 21.5 Å². The van der Waals surface area contributed by atoms with E-state index in [1.807, 2.05) is 19.1 Å². The molecular weight excluding hydrogens is 402 g/mol. The lowest BCUT2D eigenvalue weighted by Gasteiger charge is -2.34. The zero-order valence-electron chi connectivity index (χ0n) is 16.9. The molecule has 4 rings (SSSR count). The number of rotatable bonds is 3. The fourth-order valence-corrected chi connectivity index (χ4v) is 5.54. The Morgan fingerprint density at radius 1 is 0.967 bits per heavy atom. The zero-order valence-corrected chi connectivity index (χ0v) is 17.7. The number of H-pyrrole nitrogens is 1. The molecule has 1 aliphatic rings. The molecule has 0 bridgehead atoms. The molecule has 1 aromatic heterocycles. The third kappa shape index (κ3) is 3.64. The fraction of sp³-hybridized carbons (Fsp3) is 0.273. The monoisotopic (exact) mass is 425 g/mol. The molecule has 8 heteroatoms. The minimum absolute atomic E-state index is 0.211. The van der Waals surface area contributed by atoms with Crippen molar-refractivity contribution < 1.29 is 13.2 Å². The number of aromatic nitrogens is 1. The molecule has 0 atom stereocenters. The number of piperazine rings is 1. The van der Waals surface area contributed by atoms with Crippen molar-refractivity contribution in [2.75, 3.05) is 26.2 Å². The van der Waals surface area contributed by atoms with E-state index in [-0.39, 0.29) is 37.6 Å². The molecule has 1 amide bonds. The molecule has 2 aromatic carbocycles. The van der Waals surface area contributed by atoms with Crippen LogP contribution in [0.4, 0.5) is 0 Å². The molecule has 0 unspecified atom stereocenters. The second-order valence-electron chi connectivity index (χ2n) is 7.56. The molecule has 156 valence electrons. The number of sulfonamides is 1. The first-order valence-corrected chi connectivity index (χ1v) is 11.2. The van der Waals surface area contributed by atoms with E-state index in [4.69, 9.17) is 0 Å². The SMILES string of the molecule is Cc1ccc(S(=O)(=O)N2CCN(C(=O)c3cc(=O)[nH]c4ccccc34)CC2)c(C)c1. The van der Waals surface area contributed by atoms with Crippen LogP contribution in [0.2, 0.25) is 0 Å². The lowest BCUT2D eigenvalue weighted by molar-refractivity contribution is 0.0699. The normalized spacial score (nSPS) is 15.5. The minimum atomic E-state index is -3.62. The number of para-hydroxylation sites is 1. The summed E-state index contributed by atoms with van der Waals surface area (Å²) in [4.78, 5) is 29.7. The number of carbonyl (C=O) groups excluding carboxylic acids is 1. The van der Waals surface area contributed by atoms with Crippen LogP contribution < -0.4 is 5.56 Å². The molecule has 0 saturated carbocycles. The van der Waals surface area contributed by atoms with Crippen molar-refractivity contribution in [2.45, 2.75) is 18.7 Å². The van der Waals surface area contributed by atoms with E-state index in [1.54, 1.807) is 42.2 Å². The van der Waals surface area contributed by atoms with Gasteiger partial charge in [0.2, 0.25) is 15.6 Å². The van der Waals surface area contributed by atoms with Crippen LogP contribution in [0, 0.1) is 13.8 Å². The van der Waals surface area contributed by atoms with E-state index in [1.165, 1.54) is 10.4 Å². The molecule has 1 aliphatic heterocycles. The van der Waals surface area contributed by atoms with Crippen molar-refractivity contribution in [3.8, 4) is 0 Å². The largest absolute Gasteiger partial charge is 0.336 e. The van der Waals surface area contributed by atoms with Crippen LogP contribution in [-0.4, -0.2) is 54.7 Å². The van der Waals surface area contributed by atoms with Crippen molar-refractivity contribution in [3.05, 3.63) is 75.6 Å². The highest BCUT2D eigenvalue weighted by Crippen LogP contribution is 2.23. The Labute approximate surface area is 175 Å². The molecule has 30 heavy (non-hydrogen) atoms. The quantitative estimate of drug-likeness (QED) is 0.697. The van der Waals surface area contributed by atoms with Crippen LogP contribution in [0.15, 0.2) is 58.2 Å². The van der Waals surface area contributed by atoms with Crippen molar-refractivity contribution in [2.24, 2.45) is 0 Å². The van der Waals surface area contributed by atoms with Gasteiger partial charge in [-0.2, -0.15) is 4.31 Å². The average molecular weight is 426 g/mol. The van der Waals surface area contributed by atoms with Crippen molar-refractivity contribution >= 4 is 26.8 Å². The van der Waals surface area contributed by atoms with Crippen molar-refractivity contribution in [1.29, 1.82) is 0 Å². The Morgan fingerprint density at radius 2 is 1.67 bits per heavy atom. The van der Waals surface area contributed by atoms with Crippen LogP contribution in [0.3, 0.4) is 0 Å². The molecule has 7 nitrogen and oxygen atoms in total. The smallest absolute Gasteiger partial charge is 0.254 e. The second-order valence-corrected chi connectivity index (χ2v) is 9.46. The molecule has 0 spiro atoms. The Balaban J connectivity index is 1.55. The highest BCUT2D eigenvalue weighted by atomic mass is 32.2. The molecule has 1 fully saturated rings. The van der Waals surface area contributed by atoms with Crippen LogP contribution in [0.5, 0.6) is 0 Å². The molecule has 0 radical (unpaired) electrons. The number of hydrogen-bond acceptors (Lipinski definition) is 4. The summed E-state index contributed by atoms with van der Waals surface area (Å²) in [5.41, 5.74) is 2.31. The highest BCUT2D eigenvalue weighted by Gasteiger charge is 2.31. The molecule has 3 aromatic rings. The Hall–Kier alpha value is -2.97. The Morgan fingerprint density at radius 3 is 2.37 bits per heavy atom. The van der Waals surface area contributed by atoms with E-state index in [2.05, 4.69) is 4.98 Å². The maximum atomic E-state index is 13.1. The number of aromatic amines is 1. The van der Waals surface area contributed by atoms with Crippen LogP contribution in [-0.2, 0) is 10.0 Å². The number of aryl methyl sites for hydroxylation is 2. The number of amides is 1. The van der Waals surface area contributed by atoms with E-state index < -0.39 is 10.0 Å². The lowest BCUT2D eigenvalue weighted by atomic mass is 10.1. The first kappa shape index (κ1) is 20.3. The second kappa shape index (κ2) is 7.70. The van der Waals surface area contributed by atoms with Gasteiger partial charge < -0.3 is 9.88 Å². The molecule has 1 N–H and O–H groups in total. The summed E-state index contributed by atoms with van der Waals surface area (Å²) in [6.07, 6.45) is 0. The summed E-state index contributed by atoms with van der Waals surface area (Å²) in [5, 5.41) is 0.674. The van der Waals surface area contributed by atoms with Crippen LogP contribution >= 0.6 is 0 Å². The summed E-state index contributed by atoms with van der Waals surface area (Å²) in [6, 6.07) is 13.7. The molecule has 1 saturated heterocycles. The third-order valence-corrected chi connectivity index (χ3v) is 7.51. The predicted molar refractivity (Wildman–Crippen MR) is 115 cm³/mol. The highest BCUT2D eigenvalue weighted by molar-refractivity contribution is 7.89. The summed E-state index contributed by atoms with van der Waals surface area (Å²) < 4.78 is 27.5. The van der Waals surface area contributed by atoms with E-state index in [9.17, 15) is 18.0 Å². The van der Waals surface area contributed by atoms with Gasteiger partial charge in [-0.25, -0.2) is 8.42 Å². The number of fused-ring (bicyclic) bond motifs is 1. The van der Waals surface area contributed by atoms with Gasteiger partial charge >= 0.3 is 0 Å². The fourth-order valence-electron chi connectivity index (χ4n) is 3.91. The van der Waals surface area contributed by atoms with Crippen LogP contribution in [0.25, 0.3) is 10.9 Å². The number of nitrogens with zero attached hydrogens (tertiary/aromatic N) is 2. The summed E-state index contributed by atoms with van der Waals surface area (Å²) >= 11 is 0. The van der Waals surface area contributed by atoms with Gasteiger partial charge in [-0.1, -0.05) is 35.9 Å². The number of benzene rings is 2. The Kier molecular flexibility index (Phi) is 5.21. The van der Waals surface area contributed by atoms with E-state index in [0.717, 1.165) is 5.56 Å². The topological polar surface area (TPSA) is 90.6 Å². The summed E-state index contributed by atoms with van der Waals surface area (Å²) in [6.45, 7) is 4.67. The number of nitrogens with one attached hydrogen (secondary N) is 1. The lowest BCUT2D eigenvalue weighted by Crippen LogP contribution is -2.50. The Bertz CT molecular complexity index is 1290. The molecular formula is C22H23N3O4S. The maximum Gasteiger partial charge on any atom is 0.254 e. The summed E-state index contributed by atoms with van der Waals surface area (Å²) in [7, 11) is -3.62. The summed E-state index contributed by atoms with van der Waals surface area (Å²) in [5.74, 6) is -0.263. The maximum absolute atomic E-state index is 13.1. The third-order valence-electron chi connectivity index (χ3n) is 5.46. The van der Waals surface area contributed by atoms with Gasteiger partial charge in [-0.15, -0.1) is 0 Å². The van der Waals surface area contributed by atoms with Gasteiger partial charge in [0.25, 0.3) is 5.91 Å². The van der Waals surface area contributed by atoms with Gasteiger partial charge in [0.05, 0.1) is 10.5 Å². The number of hydrogen-bond donors (Lipinski definition) is 1. The first-order chi connectivity index (χ1) is 14.3. The minimum Gasteiger partial charge on any atom is -0.336 e. The van der Waals surface area contributed by atoms with E-state index in [0.29, 0.717) is 26.9 Å². The van der Waals surface area contributed by atoms with Gasteiger partial charge in [0, 0.05) is 43.1 Å².